The number of rotatable bonds is 9. The lowest BCUT2D eigenvalue weighted by Gasteiger charge is -2.25. The predicted octanol–water partition coefficient (Wildman–Crippen LogP) is 3.90. The lowest BCUT2D eigenvalue weighted by Crippen LogP contribution is -2.28. The molecule has 0 aliphatic heterocycles. The molecule has 0 spiro atoms. The van der Waals surface area contributed by atoms with Gasteiger partial charge >= 0.3 is 0 Å². The van der Waals surface area contributed by atoms with Gasteiger partial charge < -0.3 is 10.2 Å². The Morgan fingerprint density at radius 2 is 2.14 bits per heavy atom. The van der Waals surface area contributed by atoms with Crippen molar-refractivity contribution in [2.24, 2.45) is 5.92 Å². The number of pyridine rings is 1. The molecule has 118 valence electrons. The molecule has 1 saturated carbocycles. The van der Waals surface area contributed by atoms with Crippen LogP contribution in [-0.2, 0) is 6.54 Å². The summed E-state index contributed by atoms with van der Waals surface area (Å²) in [6.07, 6.45) is 7.23. The Morgan fingerprint density at radius 1 is 1.38 bits per heavy atom. The third kappa shape index (κ3) is 4.99. The summed E-state index contributed by atoms with van der Waals surface area (Å²) in [4.78, 5) is 7.31. The Balaban J connectivity index is 1.99. The van der Waals surface area contributed by atoms with Gasteiger partial charge in [0.1, 0.15) is 5.82 Å². The van der Waals surface area contributed by atoms with E-state index in [2.05, 4.69) is 50.2 Å². The molecule has 0 aromatic carbocycles. The maximum absolute atomic E-state index is 4.78. The van der Waals surface area contributed by atoms with Gasteiger partial charge in [0.25, 0.3) is 0 Å². The average molecular weight is 289 g/mol. The highest BCUT2D eigenvalue weighted by Crippen LogP contribution is 2.32. The number of unbranched alkanes of at least 4 members (excludes halogenated alkanes) is 1. The molecule has 0 unspecified atom stereocenters. The van der Waals surface area contributed by atoms with E-state index in [1.54, 1.807) is 0 Å². The Labute approximate surface area is 130 Å². The van der Waals surface area contributed by atoms with Crippen molar-refractivity contribution >= 4 is 5.82 Å². The summed E-state index contributed by atoms with van der Waals surface area (Å²) in [5.41, 5.74) is 2.62. The van der Waals surface area contributed by atoms with Crippen molar-refractivity contribution in [1.82, 2.24) is 10.3 Å². The summed E-state index contributed by atoms with van der Waals surface area (Å²) in [5, 5.41) is 3.49. The second kappa shape index (κ2) is 7.79. The molecule has 1 aliphatic rings. The number of aryl methyl sites for hydroxylation is 1. The first-order chi connectivity index (χ1) is 10.1. The first-order valence-corrected chi connectivity index (χ1v) is 8.54. The van der Waals surface area contributed by atoms with E-state index in [1.165, 1.54) is 42.6 Å². The average Bonchev–Trinajstić information content (AvgIpc) is 3.25. The minimum Gasteiger partial charge on any atom is -0.353 e. The van der Waals surface area contributed by atoms with Crippen molar-refractivity contribution in [2.75, 3.05) is 18.0 Å². The summed E-state index contributed by atoms with van der Waals surface area (Å²) >= 11 is 0. The Kier molecular flexibility index (Phi) is 6.04. The smallest absolute Gasteiger partial charge is 0.131 e. The second-order valence-corrected chi connectivity index (χ2v) is 6.79. The fourth-order valence-electron chi connectivity index (χ4n) is 2.70. The molecule has 1 heterocycles. The van der Waals surface area contributed by atoms with Crippen LogP contribution in [0.4, 0.5) is 5.82 Å². The van der Waals surface area contributed by atoms with Gasteiger partial charge in [-0.25, -0.2) is 4.98 Å². The highest BCUT2D eigenvalue weighted by molar-refractivity contribution is 5.49. The predicted molar refractivity (Wildman–Crippen MR) is 90.8 cm³/mol. The maximum atomic E-state index is 4.78. The Hall–Kier alpha value is -1.09. The van der Waals surface area contributed by atoms with Crippen LogP contribution < -0.4 is 10.2 Å². The minimum atomic E-state index is 0.692. The van der Waals surface area contributed by atoms with Crippen molar-refractivity contribution in [1.29, 1.82) is 0 Å². The molecular weight excluding hydrogens is 258 g/mol. The monoisotopic (exact) mass is 289 g/mol. The van der Waals surface area contributed by atoms with E-state index >= 15 is 0 Å². The molecule has 2 rings (SSSR count). The summed E-state index contributed by atoms with van der Waals surface area (Å²) in [6.45, 7) is 12.1. The topological polar surface area (TPSA) is 28.2 Å². The second-order valence-electron chi connectivity index (χ2n) is 6.79. The quantitative estimate of drug-likeness (QED) is 0.747. The number of nitrogens with one attached hydrogen (secondary N) is 1. The third-order valence-corrected chi connectivity index (χ3v) is 4.00. The molecule has 1 fully saturated rings. The first-order valence-electron chi connectivity index (χ1n) is 8.54. The maximum Gasteiger partial charge on any atom is 0.131 e. The molecule has 1 N–H and O–H groups in total. The van der Waals surface area contributed by atoms with Gasteiger partial charge in [-0.2, -0.15) is 0 Å². The molecule has 21 heavy (non-hydrogen) atoms. The van der Waals surface area contributed by atoms with E-state index in [9.17, 15) is 0 Å². The lowest BCUT2D eigenvalue weighted by molar-refractivity contribution is 0.551. The lowest BCUT2D eigenvalue weighted by atomic mass is 10.1. The highest BCUT2D eigenvalue weighted by Gasteiger charge is 2.30. The normalized spacial score (nSPS) is 14.7. The van der Waals surface area contributed by atoms with Gasteiger partial charge in [-0.1, -0.05) is 27.2 Å². The van der Waals surface area contributed by atoms with Crippen LogP contribution in [0.15, 0.2) is 12.3 Å². The number of hydrogen-bond donors (Lipinski definition) is 1. The molecular formula is C18H31N3. The van der Waals surface area contributed by atoms with Gasteiger partial charge in [0, 0.05) is 25.3 Å². The fraction of sp³-hybridized carbons (Fsp3) is 0.722. The van der Waals surface area contributed by atoms with Gasteiger partial charge in [0.15, 0.2) is 0 Å². The molecule has 1 aromatic heterocycles. The third-order valence-electron chi connectivity index (χ3n) is 4.00. The van der Waals surface area contributed by atoms with E-state index in [0.29, 0.717) is 5.92 Å². The summed E-state index contributed by atoms with van der Waals surface area (Å²) < 4.78 is 0. The van der Waals surface area contributed by atoms with Crippen LogP contribution >= 0.6 is 0 Å². The molecule has 0 radical (unpaired) electrons. The molecule has 0 amide bonds. The molecule has 1 aliphatic carbocycles. The number of nitrogens with zero attached hydrogens (tertiary/aromatic N) is 2. The molecule has 0 atom stereocenters. The van der Waals surface area contributed by atoms with Crippen molar-refractivity contribution in [3.8, 4) is 0 Å². The zero-order valence-electron chi connectivity index (χ0n) is 14.2. The molecule has 3 nitrogen and oxygen atoms in total. The van der Waals surface area contributed by atoms with Crippen LogP contribution in [0.2, 0.25) is 0 Å². The fourth-order valence-corrected chi connectivity index (χ4v) is 2.70. The zero-order chi connectivity index (χ0) is 15.2. The van der Waals surface area contributed by atoms with Crippen LogP contribution in [0.5, 0.6) is 0 Å². The van der Waals surface area contributed by atoms with Crippen LogP contribution in [-0.4, -0.2) is 24.1 Å². The highest BCUT2D eigenvalue weighted by atomic mass is 15.2. The largest absolute Gasteiger partial charge is 0.353 e. The molecule has 3 heteroatoms. The van der Waals surface area contributed by atoms with E-state index in [4.69, 9.17) is 4.98 Å². The van der Waals surface area contributed by atoms with Crippen LogP contribution in [0, 0.1) is 12.8 Å². The summed E-state index contributed by atoms with van der Waals surface area (Å²) in [7, 11) is 0. The SMILES string of the molecule is CCCCN(c1ncc(CNCC(C)C)cc1C)C1CC1. The van der Waals surface area contributed by atoms with Crippen molar-refractivity contribution in [3.63, 3.8) is 0 Å². The molecule has 0 bridgehead atoms. The van der Waals surface area contributed by atoms with Crippen molar-refractivity contribution < 1.29 is 0 Å². The van der Waals surface area contributed by atoms with Crippen molar-refractivity contribution in [3.05, 3.63) is 23.4 Å². The number of anilines is 1. The number of aromatic nitrogens is 1. The van der Waals surface area contributed by atoms with Gasteiger partial charge in [-0.15, -0.1) is 0 Å². The minimum absolute atomic E-state index is 0.692. The van der Waals surface area contributed by atoms with Gasteiger partial charge in [-0.05, 0) is 55.8 Å². The zero-order valence-corrected chi connectivity index (χ0v) is 14.2. The number of hydrogen-bond acceptors (Lipinski definition) is 3. The molecule has 1 aromatic rings. The van der Waals surface area contributed by atoms with E-state index in [1.807, 2.05) is 0 Å². The van der Waals surface area contributed by atoms with Gasteiger partial charge in [0.05, 0.1) is 0 Å². The van der Waals surface area contributed by atoms with E-state index in [0.717, 1.165) is 25.7 Å². The Bertz CT molecular complexity index is 438. The first kappa shape index (κ1) is 16.3. The van der Waals surface area contributed by atoms with Crippen LogP contribution in [0.3, 0.4) is 0 Å². The summed E-state index contributed by atoms with van der Waals surface area (Å²) in [6, 6.07) is 3.05. The van der Waals surface area contributed by atoms with E-state index in [-0.39, 0.29) is 0 Å². The van der Waals surface area contributed by atoms with Gasteiger partial charge in [-0.3, -0.25) is 0 Å². The van der Waals surface area contributed by atoms with Gasteiger partial charge in [0.2, 0.25) is 0 Å². The van der Waals surface area contributed by atoms with Crippen molar-refractivity contribution in [2.45, 2.75) is 66.0 Å². The molecule has 0 saturated heterocycles. The van der Waals surface area contributed by atoms with Crippen LogP contribution in [0.1, 0.15) is 57.6 Å². The standard InChI is InChI=1S/C18H31N3/c1-5-6-9-21(17-7-8-17)18-15(4)10-16(13-20-18)12-19-11-14(2)3/h10,13-14,17,19H,5-9,11-12H2,1-4H3. The van der Waals surface area contributed by atoms with E-state index < -0.39 is 0 Å². The summed E-state index contributed by atoms with van der Waals surface area (Å²) in [5.74, 6) is 1.90. The van der Waals surface area contributed by atoms with Crippen LogP contribution in [0.25, 0.3) is 0 Å². The Morgan fingerprint density at radius 3 is 2.71 bits per heavy atom.